The average molecular weight is 218 g/mol. The van der Waals surface area contributed by atoms with Gasteiger partial charge in [0.25, 0.3) is 0 Å². The Hall–Kier alpha value is -0.160. The Morgan fingerprint density at radius 2 is 2.00 bits per heavy atom. The van der Waals surface area contributed by atoms with E-state index in [1.807, 2.05) is 0 Å². The first-order valence-electron chi connectivity index (χ1n) is 5.67. The van der Waals surface area contributed by atoms with Crippen LogP contribution in [0.3, 0.4) is 0 Å². The minimum absolute atomic E-state index is 0.00630. The van der Waals surface area contributed by atoms with Crippen LogP contribution >= 0.6 is 0 Å². The minimum atomic E-state index is 0.00630. The van der Waals surface area contributed by atoms with Crippen molar-refractivity contribution < 1.29 is 9.84 Å². The molecule has 2 unspecified atom stereocenters. The first-order valence-corrected chi connectivity index (χ1v) is 5.67. The number of methoxy groups -OCH3 is 1. The minimum Gasteiger partial charge on any atom is -0.395 e. The second-order valence-electron chi connectivity index (χ2n) is 4.19. The predicted octanol–water partition coefficient (Wildman–Crippen LogP) is 0.299. The molecule has 0 amide bonds. The van der Waals surface area contributed by atoms with Crippen LogP contribution in [0.1, 0.15) is 20.8 Å². The van der Waals surface area contributed by atoms with Crippen molar-refractivity contribution in [3.05, 3.63) is 0 Å². The van der Waals surface area contributed by atoms with Crippen LogP contribution in [-0.2, 0) is 4.74 Å². The Morgan fingerprint density at radius 3 is 2.33 bits per heavy atom. The van der Waals surface area contributed by atoms with Gasteiger partial charge in [-0.05, 0) is 12.5 Å². The highest BCUT2D eigenvalue weighted by molar-refractivity contribution is 4.83. The van der Waals surface area contributed by atoms with Crippen molar-refractivity contribution in [2.45, 2.75) is 32.9 Å². The molecule has 0 aromatic carbocycles. The maximum Gasteiger partial charge on any atom is 0.0602 e. The summed E-state index contributed by atoms with van der Waals surface area (Å²) in [7, 11) is 1.68. The maximum atomic E-state index is 9.38. The van der Waals surface area contributed by atoms with Crippen LogP contribution in [0.2, 0.25) is 0 Å². The van der Waals surface area contributed by atoms with E-state index in [-0.39, 0.29) is 18.7 Å². The van der Waals surface area contributed by atoms with E-state index in [0.29, 0.717) is 12.5 Å². The number of nitrogens with zero attached hydrogens (tertiary/aromatic N) is 1. The lowest BCUT2D eigenvalue weighted by atomic mass is 9.96. The topological polar surface area (TPSA) is 58.7 Å². The molecular formula is C11H26N2O2. The fourth-order valence-electron chi connectivity index (χ4n) is 1.69. The third-order valence-electron chi connectivity index (χ3n) is 2.86. The van der Waals surface area contributed by atoms with Crippen molar-refractivity contribution in [3.63, 3.8) is 0 Å². The van der Waals surface area contributed by atoms with E-state index in [2.05, 4.69) is 25.7 Å². The number of rotatable bonds is 8. The van der Waals surface area contributed by atoms with Crippen LogP contribution in [0.5, 0.6) is 0 Å². The first-order chi connectivity index (χ1) is 7.08. The average Bonchev–Trinajstić information content (AvgIpc) is 2.23. The number of aliphatic hydroxyl groups excluding tert-OH is 1. The summed E-state index contributed by atoms with van der Waals surface area (Å²) in [6, 6.07) is 0.0388. The van der Waals surface area contributed by atoms with E-state index in [0.717, 1.165) is 13.1 Å². The maximum absolute atomic E-state index is 9.38. The van der Waals surface area contributed by atoms with Crippen LogP contribution < -0.4 is 5.73 Å². The van der Waals surface area contributed by atoms with E-state index in [1.165, 1.54) is 0 Å². The summed E-state index contributed by atoms with van der Waals surface area (Å²) < 4.78 is 5.04. The zero-order valence-electron chi connectivity index (χ0n) is 10.4. The summed E-state index contributed by atoms with van der Waals surface area (Å²) in [5.41, 5.74) is 6.08. The predicted molar refractivity (Wildman–Crippen MR) is 62.8 cm³/mol. The molecule has 0 aromatic heterocycles. The van der Waals surface area contributed by atoms with E-state index < -0.39 is 0 Å². The van der Waals surface area contributed by atoms with E-state index in [4.69, 9.17) is 10.5 Å². The molecule has 2 atom stereocenters. The van der Waals surface area contributed by atoms with Crippen molar-refractivity contribution in [1.82, 2.24) is 4.90 Å². The lowest BCUT2D eigenvalue weighted by Gasteiger charge is -2.35. The number of likely N-dealkylation sites (N-methyl/N-ethyl adjacent to an activating group) is 1. The molecule has 0 spiro atoms. The molecule has 0 fully saturated rings. The van der Waals surface area contributed by atoms with Crippen LogP contribution in [0.15, 0.2) is 0 Å². The summed E-state index contributed by atoms with van der Waals surface area (Å²) >= 11 is 0. The lowest BCUT2D eigenvalue weighted by molar-refractivity contribution is 0.0690. The zero-order chi connectivity index (χ0) is 11.8. The molecule has 4 heteroatoms. The second kappa shape index (κ2) is 8.05. The molecule has 0 aliphatic heterocycles. The van der Waals surface area contributed by atoms with E-state index >= 15 is 0 Å². The molecule has 92 valence electrons. The van der Waals surface area contributed by atoms with Crippen molar-refractivity contribution in [2.24, 2.45) is 11.7 Å². The van der Waals surface area contributed by atoms with Gasteiger partial charge in [-0.25, -0.2) is 0 Å². The normalized spacial score (nSPS) is 16.0. The molecule has 0 aromatic rings. The van der Waals surface area contributed by atoms with Gasteiger partial charge < -0.3 is 15.6 Å². The molecule has 3 N–H and O–H groups in total. The van der Waals surface area contributed by atoms with Gasteiger partial charge in [0.05, 0.1) is 13.2 Å². The second-order valence-corrected chi connectivity index (χ2v) is 4.19. The monoisotopic (exact) mass is 218 g/mol. The Morgan fingerprint density at radius 1 is 1.40 bits per heavy atom. The Kier molecular flexibility index (Phi) is 7.96. The summed E-state index contributed by atoms with van der Waals surface area (Å²) in [5.74, 6) is 0.374. The third-order valence-corrected chi connectivity index (χ3v) is 2.86. The van der Waals surface area contributed by atoms with Gasteiger partial charge in [0.15, 0.2) is 0 Å². The highest BCUT2D eigenvalue weighted by Crippen LogP contribution is 2.10. The molecule has 0 aliphatic carbocycles. The smallest absolute Gasteiger partial charge is 0.0602 e. The van der Waals surface area contributed by atoms with Gasteiger partial charge in [-0.2, -0.15) is 0 Å². The number of hydrogen-bond donors (Lipinski definition) is 2. The summed E-state index contributed by atoms with van der Waals surface area (Å²) in [6.07, 6.45) is 0. The van der Waals surface area contributed by atoms with Crippen LogP contribution in [0, 0.1) is 5.92 Å². The number of hydrogen-bond acceptors (Lipinski definition) is 4. The fourth-order valence-corrected chi connectivity index (χ4v) is 1.69. The quantitative estimate of drug-likeness (QED) is 0.615. The first kappa shape index (κ1) is 14.8. The summed E-state index contributed by atoms with van der Waals surface area (Å²) in [4.78, 5) is 2.17. The van der Waals surface area contributed by atoms with Crippen molar-refractivity contribution in [2.75, 3.05) is 33.4 Å². The van der Waals surface area contributed by atoms with Crippen molar-refractivity contribution in [1.29, 1.82) is 0 Å². The van der Waals surface area contributed by atoms with Crippen LogP contribution in [0.25, 0.3) is 0 Å². The SMILES string of the molecule is CCN(CCOC)C(CO)C(N)C(C)C. The fraction of sp³-hybridized carbons (Fsp3) is 1.00. The van der Waals surface area contributed by atoms with E-state index in [1.54, 1.807) is 7.11 Å². The zero-order valence-corrected chi connectivity index (χ0v) is 10.4. The number of ether oxygens (including phenoxy) is 1. The van der Waals surface area contributed by atoms with Gasteiger partial charge in [-0.3, -0.25) is 4.90 Å². The molecule has 4 nitrogen and oxygen atoms in total. The number of aliphatic hydroxyl groups is 1. The Labute approximate surface area is 93.4 Å². The van der Waals surface area contributed by atoms with Gasteiger partial charge in [-0.1, -0.05) is 20.8 Å². The standard InChI is InChI=1S/C11H26N2O2/c1-5-13(6-7-15-4)10(8-14)11(12)9(2)3/h9-11,14H,5-8,12H2,1-4H3. The molecule has 0 heterocycles. The highest BCUT2D eigenvalue weighted by Gasteiger charge is 2.25. The molecule has 0 bridgehead atoms. The Bertz CT molecular complexity index is 154. The summed E-state index contributed by atoms with van der Waals surface area (Å²) in [5, 5.41) is 9.38. The summed E-state index contributed by atoms with van der Waals surface area (Å²) in [6.45, 7) is 8.72. The van der Waals surface area contributed by atoms with Crippen molar-refractivity contribution >= 4 is 0 Å². The molecule has 0 saturated carbocycles. The molecule has 0 radical (unpaired) electrons. The third kappa shape index (κ3) is 4.93. The van der Waals surface area contributed by atoms with Gasteiger partial charge in [0.2, 0.25) is 0 Å². The van der Waals surface area contributed by atoms with Crippen LogP contribution in [-0.4, -0.2) is 55.5 Å². The lowest BCUT2D eigenvalue weighted by Crippen LogP contribution is -2.53. The van der Waals surface area contributed by atoms with E-state index in [9.17, 15) is 5.11 Å². The molecule has 0 aliphatic rings. The molecule has 0 rings (SSSR count). The van der Waals surface area contributed by atoms with Gasteiger partial charge in [0.1, 0.15) is 0 Å². The number of nitrogens with two attached hydrogens (primary N) is 1. The molecule has 0 saturated heterocycles. The Balaban J connectivity index is 4.31. The van der Waals surface area contributed by atoms with Crippen molar-refractivity contribution in [3.8, 4) is 0 Å². The largest absolute Gasteiger partial charge is 0.395 e. The van der Waals surface area contributed by atoms with Crippen LogP contribution in [0.4, 0.5) is 0 Å². The molecule has 15 heavy (non-hydrogen) atoms. The van der Waals surface area contributed by atoms with Gasteiger partial charge in [0, 0.05) is 25.7 Å². The molecular weight excluding hydrogens is 192 g/mol. The van der Waals surface area contributed by atoms with Gasteiger partial charge in [-0.15, -0.1) is 0 Å². The highest BCUT2D eigenvalue weighted by atomic mass is 16.5. The van der Waals surface area contributed by atoms with Gasteiger partial charge >= 0.3 is 0 Å².